The molecule has 0 amide bonds. The molecule has 4 rings (SSSR count). The van der Waals surface area contributed by atoms with E-state index in [1.807, 2.05) is 18.2 Å². The monoisotopic (exact) mass is 346 g/mol. The van der Waals surface area contributed by atoms with Crippen molar-refractivity contribution in [1.82, 2.24) is 15.0 Å². The molecule has 0 fully saturated rings. The van der Waals surface area contributed by atoms with E-state index in [4.69, 9.17) is 0 Å². The lowest BCUT2D eigenvalue weighted by atomic mass is 10.0. The number of rotatable bonds is 4. The van der Waals surface area contributed by atoms with Crippen molar-refractivity contribution in [1.29, 1.82) is 0 Å². The van der Waals surface area contributed by atoms with E-state index >= 15 is 0 Å². The Balaban J connectivity index is 1.88. The number of aromatic nitrogens is 3. The summed E-state index contributed by atoms with van der Waals surface area (Å²) in [7, 11) is 0. The molecule has 0 bridgehead atoms. The van der Waals surface area contributed by atoms with Gasteiger partial charge in [-0.1, -0.05) is 26.0 Å². The van der Waals surface area contributed by atoms with Crippen molar-refractivity contribution >= 4 is 39.3 Å². The second kappa shape index (κ2) is 6.15. The summed E-state index contributed by atoms with van der Waals surface area (Å²) < 4.78 is 0. The molecule has 130 valence electrons. The van der Waals surface area contributed by atoms with Crippen LogP contribution < -0.4 is 5.32 Å². The van der Waals surface area contributed by atoms with Gasteiger partial charge in [-0.15, -0.1) is 0 Å². The minimum Gasteiger partial charge on any atom is -0.477 e. The van der Waals surface area contributed by atoms with Gasteiger partial charge in [-0.25, -0.2) is 9.78 Å². The number of nitrogens with one attached hydrogen (secondary N) is 2. The van der Waals surface area contributed by atoms with Crippen LogP contribution in [-0.4, -0.2) is 26.0 Å². The maximum atomic E-state index is 11.3. The molecule has 6 heteroatoms. The summed E-state index contributed by atoms with van der Waals surface area (Å²) >= 11 is 0. The van der Waals surface area contributed by atoms with Crippen molar-refractivity contribution in [2.24, 2.45) is 0 Å². The van der Waals surface area contributed by atoms with Crippen molar-refractivity contribution in [2.75, 3.05) is 5.32 Å². The average Bonchev–Trinajstić information content (AvgIpc) is 3.07. The quantitative estimate of drug-likeness (QED) is 0.499. The largest absolute Gasteiger partial charge is 0.477 e. The van der Waals surface area contributed by atoms with Crippen LogP contribution in [0.25, 0.3) is 21.8 Å². The van der Waals surface area contributed by atoms with Crippen LogP contribution in [-0.2, 0) is 0 Å². The first kappa shape index (κ1) is 16.1. The Hall–Kier alpha value is -3.41. The molecule has 6 nitrogen and oxygen atoms in total. The smallest absolute Gasteiger partial charge is 0.352 e. The third kappa shape index (κ3) is 2.75. The van der Waals surface area contributed by atoms with Gasteiger partial charge in [0, 0.05) is 28.9 Å². The number of nitrogens with zero attached hydrogens (tertiary/aromatic N) is 2. The zero-order valence-corrected chi connectivity index (χ0v) is 14.4. The summed E-state index contributed by atoms with van der Waals surface area (Å²) in [6.45, 7) is 4.30. The second-order valence-corrected chi connectivity index (χ2v) is 6.54. The predicted octanol–water partition coefficient (Wildman–Crippen LogP) is 4.68. The summed E-state index contributed by atoms with van der Waals surface area (Å²) in [5, 5.41) is 14.3. The first-order chi connectivity index (χ1) is 12.5. The maximum absolute atomic E-state index is 11.3. The van der Waals surface area contributed by atoms with E-state index in [1.165, 1.54) is 5.56 Å². The van der Waals surface area contributed by atoms with Gasteiger partial charge in [0.2, 0.25) is 0 Å². The normalized spacial score (nSPS) is 11.3. The summed E-state index contributed by atoms with van der Waals surface area (Å²) in [5.74, 6) is 0.0650. The molecule has 26 heavy (non-hydrogen) atoms. The first-order valence-electron chi connectivity index (χ1n) is 8.39. The topological polar surface area (TPSA) is 90.9 Å². The van der Waals surface area contributed by atoms with Crippen molar-refractivity contribution in [3.8, 4) is 0 Å². The van der Waals surface area contributed by atoms with E-state index in [0.717, 1.165) is 16.5 Å². The molecule has 0 unspecified atom stereocenters. The molecule has 0 aliphatic heterocycles. The van der Waals surface area contributed by atoms with Crippen LogP contribution in [0.5, 0.6) is 0 Å². The van der Waals surface area contributed by atoms with E-state index in [9.17, 15) is 9.90 Å². The summed E-state index contributed by atoms with van der Waals surface area (Å²) in [5.41, 5.74) is 3.57. The highest BCUT2D eigenvalue weighted by molar-refractivity contribution is 6.10. The number of H-pyrrole nitrogens is 1. The van der Waals surface area contributed by atoms with Gasteiger partial charge in [0.15, 0.2) is 0 Å². The first-order valence-corrected chi connectivity index (χ1v) is 8.39. The molecule has 3 aromatic heterocycles. The molecule has 0 aliphatic carbocycles. The Morgan fingerprint density at radius 1 is 1.19 bits per heavy atom. The number of fused-ring (bicyclic) bond motifs is 3. The minimum atomic E-state index is -1.01. The molecular formula is C20H18N4O2. The number of aromatic carboxylic acids is 1. The number of carboxylic acids is 1. The van der Waals surface area contributed by atoms with E-state index in [1.54, 1.807) is 18.5 Å². The molecular weight excluding hydrogens is 328 g/mol. The van der Waals surface area contributed by atoms with Gasteiger partial charge in [0.25, 0.3) is 0 Å². The number of aromatic amines is 1. The second-order valence-electron chi connectivity index (χ2n) is 6.54. The zero-order chi connectivity index (χ0) is 18.3. The summed E-state index contributed by atoms with van der Waals surface area (Å²) in [6, 6.07) is 11.6. The predicted molar refractivity (Wildman–Crippen MR) is 102 cm³/mol. The number of carboxylic acid groups (broad SMARTS) is 1. The Bertz CT molecular complexity index is 1130. The lowest BCUT2D eigenvalue weighted by Gasteiger charge is -2.12. The minimum absolute atomic E-state index is 0.115. The highest BCUT2D eigenvalue weighted by Gasteiger charge is 2.14. The molecule has 1 aromatic carbocycles. The molecule has 0 spiro atoms. The van der Waals surface area contributed by atoms with Gasteiger partial charge in [0.05, 0.1) is 11.0 Å². The summed E-state index contributed by atoms with van der Waals surface area (Å²) in [4.78, 5) is 23.1. The van der Waals surface area contributed by atoms with Crippen LogP contribution in [0, 0.1) is 0 Å². The van der Waals surface area contributed by atoms with Crippen LogP contribution in [0.3, 0.4) is 0 Å². The zero-order valence-electron chi connectivity index (χ0n) is 14.4. The van der Waals surface area contributed by atoms with Crippen molar-refractivity contribution < 1.29 is 9.90 Å². The Morgan fingerprint density at radius 3 is 2.81 bits per heavy atom. The number of anilines is 2. The van der Waals surface area contributed by atoms with Crippen molar-refractivity contribution in [3.63, 3.8) is 0 Å². The fraction of sp³-hybridized carbons (Fsp3) is 0.150. The Morgan fingerprint density at radius 2 is 2.04 bits per heavy atom. The standard InChI is InChI=1S/C20H18N4O2/c1-11(2)12-4-3-5-13(8-12)22-19-15-10-21-7-6-14(15)18-16(24-19)9-17(23-18)20(25)26/h3-11,23H,1-2H3,(H,22,24)(H,25,26). The number of carbonyl (C=O) groups is 1. The third-order valence-electron chi connectivity index (χ3n) is 4.42. The lowest BCUT2D eigenvalue weighted by molar-refractivity contribution is 0.0691. The fourth-order valence-corrected chi connectivity index (χ4v) is 3.04. The highest BCUT2D eigenvalue weighted by atomic mass is 16.4. The maximum Gasteiger partial charge on any atom is 0.352 e. The van der Waals surface area contributed by atoms with Gasteiger partial charge in [-0.2, -0.15) is 0 Å². The molecule has 3 N–H and O–H groups in total. The highest BCUT2D eigenvalue weighted by Crippen LogP contribution is 2.31. The average molecular weight is 346 g/mol. The van der Waals surface area contributed by atoms with Crippen LogP contribution in [0.1, 0.15) is 35.8 Å². The van der Waals surface area contributed by atoms with E-state index < -0.39 is 5.97 Å². The molecule has 3 heterocycles. The van der Waals surface area contributed by atoms with E-state index in [-0.39, 0.29) is 5.69 Å². The number of pyridine rings is 2. The van der Waals surface area contributed by atoms with Crippen LogP contribution in [0.2, 0.25) is 0 Å². The number of benzene rings is 1. The van der Waals surface area contributed by atoms with Gasteiger partial charge in [-0.3, -0.25) is 4.98 Å². The van der Waals surface area contributed by atoms with Crippen molar-refractivity contribution in [2.45, 2.75) is 19.8 Å². The Labute approximate surface area is 149 Å². The van der Waals surface area contributed by atoms with E-state index in [0.29, 0.717) is 22.8 Å². The van der Waals surface area contributed by atoms with Crippen LogP contribution >= 0.6 is 0 Å². The molecule has 0 aliphatic rings. The van der Waals surface area contributed by atoms with Gasteiger partial charge >= 0.3 is 5.97 Å². The molecule has 0 saturated heterocycles. The van der Waals surface area contributed by atoms with Crippen LogP contribution in [0.4, 0.5) is 11.5 Å². The molecule has 0 radical (unpaired) electrons. The molecule has 0 atom stereocenters. The van der Waals surface area contributed by atoms with Gasteiger partial charge in [0.1, 0.15) is 11.5 Å². The number of hydrogen-bond donors (Lipinski definition) is 3. The SMILES string of the molecule is CC(C)c1cccc(Nc2nc3cc(C(=O)O)[nH]c3c3ccncc23)c1. The summed E-state index contributed by atoms with van der Waals surface area (Å²) in [6.07, 6.45) is 3.42. The van der Waals surface area contributed by atoms with Gasteiger partial charge < -0.3 is 15.4 Å². The lowest BCUT2D eigenvalue weighted by Crippen LogP contribution is -1.97. The third-order valence-corrected chi connectivity index (χ3v) is 4.42. The molecule has 0 saturated carbocycles. The Kier molecular flexibility index (Phi) is 3.80. The number of hydrogen-bond acceptors (Lipinski definition) is 4. The van der Waals surface area contributed by atoms with Crippen molar-refractivity contribution in [3.05, 3.63) is 60.0 Å². The van der Waals surface area contributed by atoms with Gasteiger partial charge in [-0.05, 0) is 35.7 Å². The fourth-order valence-electron chi connectivity index (χ4n) is 3.04. The van der Waals surface area contributed by atoms with E-state index in [2.05, 4.69) is 46.2 Å². The van der Waals surface area contributed by atoms with Crippen LogP contribution in [0.15, 0.2) is 48.8 Å². The molecule has 4 aromatic rings.